The van der Waals surface area contributed by atoms with E-state index in [-0.39, 0.29) is 5.82 Å². The van der Waals surface area contributed by atoms with Gasteiger partial charge in [0, 0.05) is 24.1 Å². The molecule has 0 aliphatic heterocycles. The molecule has 96 valence electrons. The number of fused-ring (bicyclic) bond motifs is 1. The molecule has 0 spiro atoms. The molecule has 0 saturated heterocycles. The Bertz CT molecular complexity index is 733. The third-order valence-electron chi connectivity index (χ3n) is 3.28. The predicted molar refractivity (Wildman–Crippen MR) is 77.2 cm³/mol. The summed E-state index contributed by atoms with van der Waals surface area (Å²) in [4.78, 5) is 5.08. The van der Waals surface area contributed by atoms with Crippen molar-refractivity contribution in [2.75, 3.05) is 17.7 Å². The first-order valence-electron chi connectivity index (χ1n) is 6.01. The van der Waals surface area contributed by atoms with Crippen LogP contribution in [0.3, 0.4) is 0 Å². The molecule has 2 aromatic carbocycles. The molecule has 3 N–H and O–H groups in total. The van der Waals surface area contributed by atoms with Crippen LogP contribution in [0.25, 0.3) is 10.9 Å². The first-order valence-corrected chi connectivity index (χ1v) is 6.01. The van der Waals surface area contributed by atoms with E-state index in [4.69, 9.17) is 5.73 Å². The Morgan fingerprint density at radius 2 is 1.89 bits per heavy atom. The summed E-state index contributed by atoms with van der Waals surface area (Å²) >= 11 is 0. The largest absolute Gasteiger partial charge is 0.397 e. The smallest absolute Gasteiger partial charge is 0.125 e. The second-order valence-corrected chi connectivity index (χ2v) is 4.48. The van der Waals surface area contributed by atoms with E-state index in [1.54, 1.807) is 6.07 Å². The molecule has 3 rings (SSSR count). The topological polar surface area (TPSA) is 45.0 Å². The van der Waals surface area contributed by atoms with Crippen molar-refractivity contribution in [1.29, 1.82) is 0 Å². The molecule has 0 amide bonds. The Kier molecular flexibility index (Phi) is 2.63. The second-order valence-electron chi connectivity index (χ2n) is 4.48. The number of anilines is 3. The van der Waals surface area contributed by atoms with Crippen molar-refractivity contribution in [3.63, 3.8) is 0 Å². The monoisotopic (exact) mass is 255 g/mol. The Labute approximate surface area is 110 Å². The highest BCUT2D eigenvalue weighted by Crippen LogP contribution is 2.34. The lowest BCUT2D eigenvalue weighted by molar-refractivity contribution is 0.628. The van der Waals surface area contributed by atoms with Crippen molar-refractivity contribution in [2.45, 2.75) is 0 Å². The number of halogens is 1. The predicted octanol–water partition coefficient (Wildman–Crippen LogP) is 3.66. The van der Waals surface area contributed by atoms with Crippen LogP contribution in [0.2, 0.25) is 0 Å². The summed E-state index contributed by atoms with van der Waals surface area (Å²) < 4.78 is 13.4. The molecule has 0 radical (unpaired) electrons. The Morgan fingerprint density at radius 1 is 1.11 bits per heavy atom. The zero-order valence-corrected chi connectivity index (χ0v) is 10.5. The van der Waals surface area contributed by atoms with Crippen molar-refractivity contribution in [1.82, 2.24) is 4.98 Å². The molecule has 19 heavy (non-hydrogen) atoms. The number of rotatable bonds is 2. The lowest BCUT2D eigenvalue weighted by atomic mass is 10.2. The van der Waals surface area contributed by atoms with Crippen LogP contribution in [0.5, 0.6) is 0 Å². The molecule has 1 heterocycles. The van der Waals surface area contributed by atoms with Gasteiger partial charge in [-0.3, -0.25) is 0 Å². The summed E-state index contributed by atoms with van der Waals surface area (Å²) in [6.07, 6.45) is 1.90. The van der Waals surface area contributed by atoms with Crippen molar-refractivity contribution < 1.29 is 4.39 Å². The van der Waals surface area contributed by atoms with Gasteiger partial charge < -0.3 is 15.6 Å². The van der Waals surface area contributed by atoms with Gasteiger partial charge in [0.15, 0.2) is 0 Å². The zero-order valence-electron chi connectivity index (χ0n) is 10.5. The summed E-state index contributed by atoms with van der Waals surface area (Å²) in [6.45, 7) is 0. The average Bonchev–Trinajstić information content (AvgIpc) is 2.84. The van der Waals surface area contributed by atoms with E-state index in [1.165, 1.54) is 12.1 Å². The van der Waals surface area contributed by atoms with E-state index in [0.717, 1.165) is 16.6 Å². The zero-order chi connectivity index (χ0) is 13.4. The molecule has 0 saturated carbocycles. The molecule has 0 unspecified atom stereocenters. The van der Waals surface area contributed by atoms with Gasteiger partial charge in [-0.15, -0.1) is 0 Å². The van der Waals surface area contributed by atoms with Gasteiger partial charge in [0.25, 0.3) is 0 Å². The fourth-order valence-electron chi connectivity index (χ4n) is 2.27. The Hall–Kier alpha value is -2.49. The number of nitrogens with one attached hydrogen (secondary N) is 1. The highest BCUT2D eigenvalue weighted by atomic mass is 19.1. The summed E-state index contributed by atoms with van der Waals surface area (Å²) in [5.41, 5.74) is 9.14. The van der Waals surface area contributed by atoms with Crippen molar-refractivity contribution in [3.05, 3.63) is 54.5 Å². The van der Waals surface area contributed by atoms with Crippen LogP contribution in [0.15, 0.2) is 48.7 Å². The molecule has 0 atom stereocenters. The maximum atomic E-state index is 13.4. The van der Waals surface area contributed by atoms with Crippen molar-refractivity contribution in [2.24, 2.45) is 0 Å². The lowest BCUT2D eigenvalue weighted by Gasteiger charge is -2.20. The maximum absolute atomic E-state index is 13.4. The molecular weight excluding hydrogens is 241 g/mol. The summed E-state index contributed by atoms with van der Waals surface area (Å²) in [5, 5.41) is 1.08. The molecule has 3 aromatic rings. The van der Waals surface area contributed by atoms with E-state index in [9.17, 15) is 4.39 Å². The molecule has 4 heteroatoms. The van der Waals surface area contributed by atoms with Crippen LogP contribution < -0.4 is 10.6 Å². The van der Waals surface area contributed by atoms with Gasteiger partial charge in [0.05, 0.1) is 17.1 Å². The highest BCUT2D eigenvalue weighted by Gasteiger charge is 2.12. The van der Waals surface area contributed by atoms with Gasteiger partial charge in [-0.25, -0.2) is 4.39 Å². The minimum absolute atomic E-state index is 0.295. The number of para-hydroxylation sites is 1. The van der Waals surface area contributed by atoms with Gasteiger partial charge in [-0.2, -0.15) is 0 Å². The molecule has 3 nitrogen and oxygen atoms in total. The van der Waals surface area contributed by atoms with Gasteiger partial charge in [0.2, 0.25) is 0 Å². The average molecular weight is 255 g/mol. The van der Waals surface area contributed by atoms with Gasteiger partial charge >= 0.3 is 0 Å². The fourth-order valence-corrected chi connectivity index (χ4v) is 2.27. The highest BCUT2D eigenvalue weighted by molar-refractivity contribution is 5.95. The number of benzene rings is 2. The maximum Gasteiger partial charge on any atom is 0.125 e. The van der Waals surface area contributed by atoms with Crippen LogP contribution in [0, 0.1) is 5.82 Å². The first kappa shape index (κ1) is 11.6. The number of H-pyrrole nitrogens is 1. The number of aromatic nitrogens is 1. The van der Waals surface area contributed by atoms with Crippen LogP contribution in [-0.2, 0) is 0 Å². The minimum atomic E-state index is -0.295. The van der Waals surface area contributed by atoms with E-state index < -0.39 is 0 Å². The normalized spacial score (nSPS) is 10.8. The van der Waals surface area contributed by atoms with Crippen molar-refractivity contribution >= 4 is 28.0 Å². The van der Waals surface area contributed by atoms with Gasteiger partial charge in [0.1, 0.15) is 5.82 Å². The molecule has 0 fully saturated rings. The Morgan fingerprint density at radius 3 is 2.74 bits per heavy atom. The summed E-state index contributed by atoms with van der Waals surface area (Å²) in [5.74, 6) is -0.295. The van der Waals surface area contributed by atoms with Crippen LogP contribution in [0.1, 0.15) is 0 Å². The third kappa shape index (κ3) is 1.91. The van der Waals surface area contributed by atoms with Crippen LogP contribution in [0.4, 0.5) is 21.5 Å². The molecular formula is C15H14FN3. The van der Waals surface area contributed by atoms with E-state index in [1.807, 2.05) is 42.4 Å². The van der Waals surface area contributed by atoms with E-state index in [2.05, 4.69) is 4.98 Å². The quantitative estimate of drug-likeness (QED) is 0.686. The van der Waals surface area contributed by atoms with Gasteiger partial charge in [-0.1, -0.05) is 18.2 Å². The minimum Gasteiger partial charge on any atom is -0.397 e. The van der Waals surface area contributed by atoms with Crippen LogP contribution in [-0.4, -0.2) is 12.0 Å². The third-order valence-corrected chi connectivity index (χ3v) is 3.28. The number of aromatic amines is 1. The van der Waals surface area contributed by atoms with Crippen LogP contribution >= 0.6 is 0 Å². The second kappa shape index (κ2) is 4.31. The molecule has 1 aromatic heterocycles. The standard InChI is InChI=1S/C15H14FN3/c1-19(14-8-10(16)6-7-12(14)17)15-9-18-13-5-3-2-4-11(13)15/h2-9,18H,17H2,1H3. The number of hydrogen-bond acceptors (Lipinski definition) is 2. The molecule has 0 aliphatic rings. The summed E-state index contributed by atoms with van der Waals surface area (Å²) in [6, 6.07) is 12.4. The number of nitrogen functional groups attached to an aromatic ring is 1. The number of nitrogens with zero attached hydrogens (tertiary/aromatic N) is 1. The molecule has 0 bridgehead atoms. The molecule has 0 aliphatic carbocycles. The van der Waals surface area contributed by atoms with Crippen molar-refractivity contribution in [3.8, 4) is 0 Å². The summed E-state index contributed by atoms with van der Waals surface area (Å²) in [7, 11) is 1.88. The van der Waals surface area contributed by atoms with Gasteiger partial charge in [-0.05, 0) is 24.3 Å². The first-order chi connectivity index (χ1) is 9.16. The fraction of sp³-hybridized carbons (Fsp3) is 0.0667. The lowest BCUT2D eigenvalue weighted by Crippen LogP contribution is -2.11. The number of nitrogens with two attached hydrogens (primary N) is 1. The van der Waals surface area contributed by atoms with E-state index in [0.29, 0.717) is 11.4 Å². The van der Waals surface area contributed by atoms with E-state index >= 15 is 0 Å². The number of hydrogen-bond donors (Lipinski definition) is 2. The Balaban J connectivity index is 2.13. The SMILES string of the molecule is CN(c1cc(F)ccc1N)c1c[nH]c2ccccc12.